The fourth-order valence-corrected chi connectivity index (χ4v) is 2.47. The van der Waals surface area contributed by atoms with E-state index in [9.17, 15) is 14.4 Å². The van der Waals surface area contributed by atoms with Crippen molar-refractivity contribution < 1.29 is 19.1 Å². The Kier molecular flexibility index (Phi) is 6.86. The summed E-state index contributed by atoms with van der Waals surface area (Å²) < 4.78 is 5.03. The lowest BCUT2D eigenvalue weighted by molar-refractivity contribution is -0.127. The molecule has 0 saturated heterocycles. The molecule has 0 unspecified atom stereocenters. The molecular formula is C17H18N4O4S. The van der Waals surface area contributed by atoms with Crippen LogP contribution in [0.5, 0.6) is 0 Å². The quantitative estimate of drug-likeness (QED) is 0.508. The average Bonchev–Trinajstić information content (AvgIpc) is 3.09. The van der Waals surface area contributed by atoms with Gasteiger partial charge in [0.1, 0.15) is 0 Å². The third-order valence-electron chi connectivity index (χ3n) is 3.03. The van der Waals surface area contributed by atoms with Crippen LogP contribution in [-0.2, 0) is 9.53 Å². The third kappa shape index (κ3) is 5.71. The number of aromatic nitrogens is 1. The van der Waals surface area contributed by atoms with Gasteiger partial charge in [0.05, 0.1) is 0 Å². The molecule has 0 aliphatic carbocycles. The number of hydrogen-bond donors (Lipinski definition) is 3. The zero-order valence-electron chi connectivity index (χ0n) is 14.0. The van der Waals surface area contributed by atoms with Gasteiger partial charge in [0, 0.05) is 17.6 Å². The first-order chi connectivity index (χ1) is 12.5. The zero-order valence-corrected chi connectivity index (χ0v) is 14.8. The summed E-state index contributed by atoms with van der Waals surface area (Å²) in [6.45, 7) is 5.45. The SMILES string of the molecule is C=CCNc1nc(C(=O)O[C@H](C)C(=O)NC(=O)Nc2ccccc2)cs1. The maximum atomic E-state index is 12.0. The minimum Gasteiger partial charge on any atom is -0.448 e. The van der Waals surface area contributed by atoms with E-state index in [1.165, 1.54) is 23.6 Å². The predicted molar refractivity (Wildman–Crippen MR) is 99.3 cm³/mol. The molecule has 0 fully saturated rings. The van der Waals surface area contributed by atoms with Crippen molar-refractivity contribution in [2.75, 3.05) is 17.2 Å². The summed E-state index contributed by atoms with van der Waals surface area (Å²) in [7, 11) is 0. The van der Waals surface area contributed by atoms with Crippen LogP contribution in [-0.4, -0.2) is 35.5 Å². The molecule has 0 saturated carbocycles. The van der Waals surface area contributed by atoms with Gasteiger partial charge in [-0.3, -0.25) is 10.1 Å². The molecule has 1 atom stereocenters. The number of thiazole rings is 1. The smallest absolute Gasteiger partial charge is 0.358 e. The summed E-state index contributed by atoms with van der Waals surface area (Å²) in [6.07, 6.45) is 0.502. The largest absolute Gasteiger partial charge is 0.448 e. The molecule has 2 aromatic rings. The van der Waals surface area contributed by atoms with Gasteiger partial charge < -0.3 is 15.4 Å². The molecule has 9 heteroatoms. The highest BCUT2D eigenvalue weighted by Crippen LogP contribution is 2.16. The number of nitrogens with zero attached hydrogens (tertiary/aromatic N) is 1. The Balaban J connectivity index is 1.83. The van der Waals surface area contributed by atoms with Crippen LogP contribution in [0.15, 0.2) is 48.4 Å². The van der Waals surface area contributed by atoms with Crippen molar-refractivity contribution in [3.63, 3.8) is 0 Å². The predicted octanol–water partition coefficient (Wildman–Crippen LogP) is 2.63. The van der Waals surface area contributed by atoms with Gasteiger partial charge in [0.25, 0.3) is 5.91 Å². The number of hydrogen-bond acceptors (Lipinski definition) is 7. The van der Waals surface area contributed by atoms with Gasteiger partial charge in [0.15, 0.2) is 16.9 Å². The number of para-hydroxylation sites is 1. The van der Waals surface area contributed by atoms with E-state index in [0.29, 0.717) is 17.4 Å². The van der Waals surface area contributed by atoms with E-state index in [2.05, 4.69) is 27.5 Å². The van der Waals surface area contributed by atoms with Gasteiger partial charge in [-0.25, -0.2) is 14.6 Å². The number of anilines is 2. The molecule has 26 heavy (non-hydrogen) atoms. The Hall–Kier alpha value is -3.20. The molecule has 2 rings (SSSR count). The van der Waals surface area contributed by atoms with E-state index in [1.807, 2.05) is 0 Å². The summed E-state index contributed by atoms with van der Waals surface area (Å²) in [6, 6.07) is 7.92. The number of esters is 1. The van der Waals surface area contributed by atoms with Crippen molar-refractivity contribution >= 4 is 40.1 Å². The number of urea groups is 1. The second-order valence-corrected chi connectivity index (χ2v) is 5.92. The summed E-state index contributed by atoms with van der Waals surface area (Å²) in [4.78, 5) is 39.8. The first-order valence-corrected chi connectivity index (χ1v) is 8.55. The Morgan fingerprint density at radius 3 is 2.73 bits per heavy atom. The van der Waals surface area contributed by atoms with E-state index >= 15 is 0 Å². The van der Waals surface area contributed by atoms with Crippen molar-refractivity contribution in [1.29, 1.82) is 0 Å². The number of benzene rings is 1. The van der Waals surface area contributed by atoms with Gasteiger partial charge in [-0.05, 0) is 19.1 Å². The van der Waals surface area contributed by atoms with Gasteiger partial charge in [-0.1, -0.05) is 24.3 Å². The summed E-state index contributed by atoms with van der Waals surface area (Å²) in [5.74, 6) is -1.49. The first kappa shape index (κ1) is 19.1. The van der Waals surface area contributed by atoms with Crippen molar-refractivity contribution in [2.45, 2.75) is 13.0 Å². The second-order valence-electron chi connectivity index (χ2n) is 5.06. The zero-order chi connectivity index (χ0) is 18.9. The number of nitrogens with one attached hydrogen (secondary N) is 3. The van der Waals surface area contributed by atoms with E-state index in [4.69, 9.17) is 4.74 Å². The lowest BCUT2D eigenvalue weighted by Gasteiger charge is -2.12. The normalized spacial score (nSPS) is 11.1. The monoisotopic (exact) mass is 374 g/mol. The van der Waals surface area contributed by atoms with Gasteiger partial charge in [0.2, 0.25) is 0 Å². The van der Waals surface area contributed by atoms with Crippen LogP contribution in [0, 0.1) is 0 Å². The minimum atomic E-state index is -1.16. The van der Waals surface area contributed by atoms with Crippen LogP contribution in [0.1, 0.15) is 17.4 Å². The van der Waals surface area contributed by atoms with Crippen LogP contribution in [0.25, 0.3) is 0 Å². The van der Waals surface area contributed by atoms with Crippen molar-refractivity contribution in [3.8, 4) is 0 Å². The van der Waals surface area contributed by atoms with Gasteiger partial charge >= 0.3 is 12.0 Å². The standard InChI is InChI=1S/C17H18N4O4S/c1-3-9-18-17-20-13(10-26-17)15(23)25-11(2)14(22)21-16(24)19-12-7-5-4-6-8-12/h3-8,10-11H,1,9H2,2H3,(H,18,20)(H2,19,21,22,24)/t11-/m1/s1. The molecular weight excluding hydrogens is 356 g/mol. The molecule has 1 aromatic carbocycles. The van der Waals surface area contributed by atoms with Gasteiger partial charge in [-0.15, -0.1) is 17.9 Å². The van der Waals surface area contributed by atoms with E-state index < -0.39 is 24.0 Å². The highest BCUT2D eigenvalue weighted by Gasteiger charge is 2.22. The Morgan fingerprint density at radius 1 is 1.31 bits per heavy atom. The van der Waals surface area contributed by atoms with Crippen LogP contribution >= 0.6 is 11.3 Å². The van der Waals surface area contributed by atoms with Crippen molar-refractivity contribution in [1.82, 2.24) is 10.3 Å². The van der Waals surface area contributed by atoms with Crippen LogP contribution in [0.2, 0.25) is 0 Å². The first-order valence-electron chi connectivity index (χ1n) is 7.67. The lowest BCUT2D eigenvalue weighted by atomic mass is 10.3. The highest BCUT2D eigenvalue weighted by atomic mass is 32.1. The number of rotatable bonds is 7. The molecule has 8 nitrogen and oxygen atoms in total. The van der Waals surface area contributed by atoms with E-state index in [1.54, 1.807) is 36.4 Å². The van der Waals surface area contributed by atoms with Crippen LogP contribution < -0.4 is 16.0 Å². The third-order valence-corrected chi connectivity index (χ3v) is 3.83. The molecule has 0 bridgehead atoms. The second kappa shape index (κ2) is 9.33. The van der Waals surface area contributed by atoms with E-state index in [0.717, 1.165) is 0 Å². The maximum absolute atomic E-state index is 12.0. The molecule has 0 spiro atoms. The number of carbonyl (C=O) groups excluding carboxylic acids is 3. The highest BCUT2D eigenvalue weighted by molar-refractivity contribution is 7.13. The fraction of sp³-hybridized carbons (Fsp3) is 0.176. The lowest BCUT2D eigenvalue weighted by Crippen LogP contribution is -2.41. The maximum Gasteiger partial charge on any atom is 0.358 e. The number of amides is 3. The van der Waals surface area contributed by atoms with Crippen molar-refractivity contribution in [3.05, 3.63) is 54.1 Å². The Bertz CT molecular complexity index is 791. The number of carbonyl (C=O) groups is 3. The molecule has 3 N–H and O–H groups in total. The fourth-order valence-electron chi connectivity index (χ4n) is 1.78. The number of imide groups is 1. The molecule has 3 amide bonds. The molecule has 136 valence electrons. The molecule has 0 aliphatic rings. The van der Waals surface area contributed by atoms with Gasteiger partial charge in [-0.2, -0.15) is 0 Å². The van der Waals surface area contributed by atoms with E-state index in [-0.39, 0.29) is 5.69 Å². The van der Waals surface area contributed by atoms with Crippen LogP contribution in [0.3, 0.4) is 0 Å². The molecule has 1 heterocycles. The Labute approximate surface area is 154 Å². The summed E-state index contributed by atoms with van der Waals surface area (Å²) in [5.41, 5.74) is 0.611. The number of ether oxygens (including phenoxy) is 1. The molecule has 1 aromatic heterocycles. The van der Waals surface area contributed by atoms with Crippen LogP contribution in [0.4, 0.5) is 15.6 Å². The van der Waals surface area contributed by atoms with Crippen molar-refractivity contribution in [2.24, 2.45) is 0 Å². The minimum absolute atomic E-state index is 0.0787. The average molecular weight is 374 g/mol. The summed E-state index contributed by atoms with van der Waals surface area (Å²) >= 11 is 1.23. The Morgan fingerprint density at radius 2 is 2.04 bits per heavy atom. The molecule has 0 radical (unpaired) electrons. The topological polar surface area (TPSA) is 109 Å². The summed E-state index contributed by atoms with van der Waals surface area (Å²) in [5, 5.41) is 9.60. The molecule has 0 aliphatic heterocycles.